The summed E-state index contributed by atoms with van der Waals surface area (Å²) in [5.74, 6) is 0.0400. The first kappa shape index (κ1) is 17.9. The molecule has 0 atom stereocenters. The predicted octanol–water partition coefficient (Wildman–Crippen LogP) is 2.32. The highest BCUT2D eigenvalue weighted by molar-refractivity contribution is 5.89. The van der Waals surface area contributed by atoms with Crippen LogP contribution in [0.4, 0.5) is 10.5 Å². The van der Waals surface area contributed by atoms with E-state index in [1.807, 2.05) is 36.4 Å². The average molecular weight is 353 g/mol. The number of hydrogen-bond donors (Lipinski definition) is 4. The van der Waals surface area contributed by atoms with E-state index in [4.69, 9.17) is 5.11 Å². The van der Waals surface area contributed by atoms with Crippen molar-refractivity contribution in [2.45, 2.75) is 38.5 Å². The van der Waals surface area contributed by atoms with Crippen molar-refractivity contribution in [1.82, 2.24) is 10.6 Å². The molecule has 2 aromatic rings. The van der Waals surface area contributed by atoms with Gasteiger partial charge in [-0.1, -0.05) is 36.4 Å². The van der Waals surface area contributed by atoms with Crippen molar-refractivity contribution in [3.05, 3.63) is 65.2 Å². The Morgan fingerprint density at radius 2 is 1.54 bits per heavy atom. The van der Waals surface area contributed by atoms with E-state index in [1.165, 1.54) is 0 Å². The van der Waals surface area contributed by atoms with Crippen LogP contribution in [0.1, 0.15) is 29.5 Å². The minimum atomic E-state index is -0.296. The molecule has 6 heteroatoms. The van der Waals surface area contributed by atoms with Gasteiger partial charge in [-0.05, 0) is 41.7 Å². The molecular weight excluding hydrogens is 330 g/mol. The van der Waals surface area contributed by atoms with Gasteiger partial charge in [-0.25, -0.2) is 4.79 Å². The molecule has 0 spiro atoms. The maximum Gasteiger partial charge on any atom is 0.319 e. The zero-order chi connectivity index (χ0) is 18.4. The van der Waals surface area contributed by atoms with Gasteiger partial charge in [0.15, 0.2) is 0 Å². The highest BCUT2D eigenvalue weighted by Gasteiger charge is 2.22. The second-order valence-electron chi connectivity index (χ2n) is 6.50. The van der Waals surface area contributed by atoms with Crippen LogP contribution < -0.4 is 16.0 Å². The van der Waals surface area contributed by atoms with E-state index in [1.54, 1.807) is 12.1 Å². The number of carbonyl (C=O) groups is 2. The van der Waals surface area contributed by atoms with Gasteiger partial charge in [0.25, 0.3) is 0 Å². The summed E-state index contributed by atoms with van der Waals surface area (Å²) in [5, 5.41) is 17.5. The summed E-state index contributed by atoms with van der Waals surface area (Å²) in [6.45, 7) is 0.406. The maximum absolute atomic E-state index is 12.0. The predicted molar refractivity (Wildman–Crippen MR) is 99.5 cm³/mol. The van der Waals surface area contributed by atoms with E-state index in [0.717, 1.165) is 29.5 Å². The maximum atomic E-state index is 12.0. The number of rotatable bonds is 7. The fourth-order valence-corrected chi connectivity index (χ4v) is 2.52. The molecule has 2 aromatic carbocycles. The fourth-order valence-electron chi connectivity index (χ4n) is 2.52. The second-order valence-corrected chi connectivity index (χ2v) is 6.50. The van der Waals surface area contributed by atoms with Crippen LogP contribution >= 0.6 is 0 Å². The van der Waals surface area contributed by atoms with Gasteiger partial charge in [-0.3, -0.25) is 4.79 Å². The number of carbonyl (C=O) groups excluding carboxylic acids is 2. The smallest absolute Gasteiger partial charge is 0.319 e. The normalized spacial score (nSPS) is 13.1. The summed E-state index contributed by atoms with van der Waals surface area (Å²) in [4.78, 5) is 23.8. The van der Waals surface area contributed by atoms with Crippen molar-refractivity contribution < 1.29 is 14.7 Å². The molecule has 0 aliphatic heterocycles. The number of hydrogen-bond acceptors (Lipinski definition) is 3. The van der Waals surface area contributed by atoms with Gasteiger partial charge < -0.3 is 21.1 Å². The Hall–Kier alpha value is -2.86. The number of aliphatic hydroxyl groups excluding tert-OH is 1. The van der Waals surface area contributed by atoms with Gasteiger partial charge in [0.05, 0.1) is 13.0 Å². The van der Waals surface area contributed by atoms with Gasteiger partial charge in [-0.2, -0.15) is 0 Å². The molecule has 0 radical (unpaired) electrons. The van der Waals surface area contributed by atoms with Crippen molar-refractivity contribution >= 4 is 17.6 Å². The fraction of sp³-hybridized carbons (Fsp3) is 0.300. The average Bonchev–Trinajstić information content (AvgIpc) is 3.46. The van der Waals surface area contributed by atoms with Crippen molar-refractivity contribution in [1.29, 1.82) is 0 Å². The van der Waals surface area contributed by atoms with E-state index >= 15 is 0 Å². The topological polar surface area (TPSA) is 90.5 Å². The van der Waals surface area contributed by atoms with Crippen LogP contribution in [0.3, 0.4) is 0 Å². The minimum absolute atomic E-state index is 0.00638. The summed E-state index contributed by atoms with van der Waals surface area (Å²) in [6, 6.07) is 14.7. The van der Waals surface area contributed by atoms with E-state index in [-0.39, 0.29) is 18.5 Å². The number of nitrogens with one attached hydrogen (secondary N) is 3. The van der Waals surface area contributed by atoms with Gasteiger partial charge in [-0.15, -0.1) is 0 Å². The van der Waals surface area contributed by atoms with Gasteiger partial charge in [0.2, 0.25) is 5.91 Å². The lowest BCUT2D eigenvalue weighted by atomic mass is 10.1. The van der Waals surface area contributed by atoms with E-state index in [0.29, 0.717) is 24.7 Å². The third kappa shape index (κ3) is 5.60. The minimum Gasteiger partial charge on any atom is -0.392 e. The molecule has 3 amide bonds. The zero-order valence-corrected chi connectivity index (χ0v) is 14.5. The second kappa shape index (κ2) is 8.49. The summed E-state index contributed by atoms with van der Waals surface area (Å²) in [6.07, 6.45) is 2.51. The summed E-state index contributed by atoms with van der Waals surface area (Å²) in [5.41, 5.74) is 3.38. The molecule has 4 N–H and O–H groups in total. The Labute approximate surface area is 152 Å². The molecule has 1 aliphatic carbocycles. The number of amides is 3. The molecule has 1 fully saturated rings. The quantitative estimate of drug-likeness (QED) is 0.616. The highest BCUT2D eigenvalue weighted by atomic mass is 16.3. The third-order valence-electron chi connectivity index (χ3n) is 4.18. The van der Waals surface area contributed by atoms with Crippen molar-refractivity contribution in [3.8, 4) is 0 Å². The van der Waals surface area contributed by atoms with Crippen molar-refractivity contribution in [2.75, 3.05) is 5.32 Å². The van der Waals surface area contributed by atoms with Crippen LogP contribution in [-0.4, -0.2) is 23.1 Å². The van der Waals surface area contributed by atoms with Gasteiger partial charge in [0, 0.05) is 18.3 Å². The number of aliphatic hydroxyl groups is 1. The van der Waals surface area contributed by atoms with Crippen LogP contribution in [0, 0.1) is 0 Å². The molecule has 0 unspecified atom stereocenters. The highest BCUT2D eigenvalue weighted by Crippen LogP contribution is 2.19. The Balaban J connectivity index is 1.43. The summed E-state index contributed by atoms with van der Waals surface area (Å²) >= 11 is 0. The van der Waals surface area contributed by atoms with Gasteiger partial charge in [0.1, 0.15) is 0 Å². The molecule has 136 valence electrons. The van der Waals surface area contributed by atoms with E-state index in [2.05, 4.69) is 16.0 Å². The first-order valence-electron chi connectivity index (χ1n) is 8.74. The number of anilines is 1. The Morgan fingerprint density at radius 3 is 2.15 bits per heavy atom. The summed E-state index contributed by atoms with van der Waals surface area (Å²) < 4.78 is 0. The monoisotopic (exact) mass is 353 g/mol. The molecule has 1 saturated carbocycles. The van der Waals surface area contributed by atoms with Gasteiger partial charge >= 0.3 is 6.03 Å². The third-order valence-corrected chi connectivity index (χ3v) is 4.18. The SMILES string of the molecule is O=C(Cc1ccc(NC(=O)NCc2ccc(CO)cc2)cc1)NC1CC1. The van der Waals surface area contributed by atoms with Crippen LogP contribution in [-0.2, 0) is 24.4 Å². The van der Waals surface area contributed by atoms with Crippen molar-refractivity contribution in [3.63, 3.8) is 0 Å². The molecule has 1 aliphatic rings. The zero-order valence-electron chi connectivity index (χ0n) is 14.5. The van der Waals surface area contributed by atoms with E-state index < -0.39 is 0 Å². The molecule has 0 aromatic heterocycles. The molecule has 3 rings (SSSR count). The number of benzene rings is 2. The molecule has 26 heavy (non-hydrogen) atoms. The standard InChI is InChI=1S/C20H23N3O3/c24-13-16-3-1-15(2-4-16)12-21-20(26)23-18-7-5-14(6-8-18)11-19(25)22-17-9-10-17/h1-8,17,24H,9-13H2,(H,22,25)(H2,21,23,26). The Bertz CT molecular complexity index is 753. The molecular formula is C20H23N3O3. The Kier molecular flexibility index (Phi) is 5.86. The van der Waals surface area contributed by atoms with Crippen LogP contribution in [0.15, 0.2) is 48.5 Å². The van der Waals surface area contributed by atoms with Crippen LogP contribution in [0.5, 0.6) is 0 Å². The lowest BCUT2D eigenvalue weighted by molar-refractivity contribution is -0.120. The van der Waals surface area contributed by atoms with Crippen LogP contribution in [0.2, 0.25) is 0 Å². The van der Waals surface area contributed by atoms with Crippen molar-refractivity contribution in [2.24, 2.45) is 0 Å². The number of urea groups is 1. The lowest BCUT2D eigenvalue weighted by Gasteiger charge is -2.09. The largest absolute Gasteiger partial charge is 0.392 e. The molecule has 6 nitrogen and oxygen atoms in total. The summed E-state index contributed by atoms with van der Waals surface area (Å²) in [7, 11) is 0. The molecule has 0 heterocycles. The molecule has 0 bridgehead atoms. The first-order chi connectivity index (χ1) is 12.6. The van der Waals surface area contributed by atoms with Crippen LogP contribution in [0.25, 0.3) is 0 Å². The Morgan fingerprint density at radius 1 is 0.923 bits per heavy atom. The van der Waals surface area contributed by atoms with E-state index in [9.17, 15) is 9.59 Å². The molecule has 0 saturated heterocycles. The first-order valence-corrected chi connectivity index (χ1v) is 8.74. The lowest BCUT2D eigenvalue weighted by Crippen LogP contribution is -2.28.